The van der Waals surface area contributed by atoms with E-state index in [0.29, 0.717) is 5.82 Å². The maximum atomic E-state index is 6.33. The number of thiophene rings is 1. The lowest BCUT2D eigenvalue weighted by molar-refractivity contribution is 0.881. The third-order valence-electron chi connectivity index (χ3n) is 4.60. The zero-order valence-corrected chi connectivity index (χ0v) is 16.5. The molecule has 6 heteroatoms. The summed E-state index contributed by atoms with van der Waals surface area (Å²) in [6, 6.07) is 20.9. The lowest BCUT2D eigenvalue weighted by atomic mass is 10.0. The molecule has 0 saturated heterocycles. The molecule has 136 valence electrons. The molecule has 0 unspecified atom stereocenters. The van der Waals surface area contributed by atoms with Crippen molar-refractivity contribution in [1.82, 2.24) is 14.8 Å². The summed E-state index contributed by atoms with van der Waals surface area (Å²) in [5.74, 6) is 0.610. The molecule has 0 aliphatic heterocycles. The van der Waals surface area contributed by atoms with Gasteiger partial charge >= 0.3 is 0 Å². The highest BCUT2D eigenvalue weighted by Crippen LogP contribution is 2.32. The van der Waals surface area contributed by atoms with Gasteiger partial charge in [-0.2, -0.15) is 21.1 Å². The van der Waals surface area contributed by atoms with Crippen molar-refractivity contribution in [1.29, 1.82) is 0 Å². The fourth-order valence-electron chi connectivity index (χ4n) is 3.11. The maximum absolute atomic E-state index is 6.33. The van der Waals surface area contributed by atoms with E-state index in [1.165, 1.54) is 22.5 Å². The van der Waals surface area contributed by atoms with Crippen molar-refractivity contribution in [3.63, 3.8) is 0 Å². The van der Waals surface area contributed by atoms with Crippen molar-refractivity contribution in [2.45, 2.75) is 0 Å². The van der Waals surface area contributed by atoms with Crippen LogP contribution in [0.3, 0.4) is 0 Å². The molecule has 5 aromatic rings. The quantitative estimate of drug-likeness (QED) is 0.404. The molecule has 0 aliphatic carbocycles. The number of hydrogen-bond acceptors (Lipinski definition) is 5. The Morgan fingerprint density at radius 3 is 2.29 bits per heavy atom. The van der Waals surface area contributed by atoms with Gasteiger partial charge in [0.15, 0.2) is 0 Å². The molecule has 28 heavy (non-hydrogen) atoms. The first-order valence-corrected chi connectivity index (χ1v) is 10.6. The Balaban J connectivity index is 1.44. The van der Waals surface area contributed by atoms with Crippen LogP contribution in [0.2, 0.25) is 0 Å². The van der Waals surface area contributed by atoms with Crippen LogP contribution in [0, 0.1) is 0 Å². The van der Waals surface area contributed by atoms with Gasteiger partial charge in [0, 0.05) is 16.5 Å². The van der Waals surface area contributed by atoms with E-state index in [0.717, 1.165) is 27.5 Å². The number of hydrogen-bond donors (Lipinski definition) is 1. The summed E-state index contributed by atoms with van der Waals surface area (Å²) >= 11 is 3.18. The molecule has 0 amide bonds. The van der Waals surface area contributed by atoms with Crippen LogP contribution in [-0.4, -0.2) is 14.8 Å². The van der Waals surface area contributed by atoms with E-state index >= 15 is 0 Å². The lowest BCUT2D eigenvalue weighted by Gasteiger charge is -2.03. The molecule has 0 saturated carbocycles. The summed E-state index contributed by atoms with van der Waals surface area (Å²) in [6.07, 6.45) is 1.80. The van der Waals surface area contributed by atoms with Gasteiger partial charge in [0.25, 0.3) is 0 Å². The molecule has 0 fully saturated rings. The van der Waals surface area contributed by atoms with Crippen LogP contribution >= 0.6 is 22.7 Å². The first-order chi connectivity index (χ1) is 13.8. The summed E-state index contributed by atoms with van der Waals surface area (Å²) < 4.78 is 1.71. The third kappa shape index (κ3) is 3.02. The van der Waals surface area contributed by atoms with E-state index in [-0.39, 0.29) is 0 Å². The van der Waals surface area contributed by atoms with Crippen LogP contribution in [0.25, 0.3) is 38.6 Å². The monoisotopic (exact) mass is 400 g/mol. The normalized spacial score (nSPS) is 11.0. The summed E-state index contributed by atoms with van der Waals surface area (Å²) in [5.41, 5.74) is 12.7. The van der Waals surface area contributed by atoms with E-state index in [2.05, 4.69) is 59.0 Å². The highest BCUT2D eigenvalue weighted by Gasteiger charge is 2.14. The number of aromatic nitrogens is 3. The highest BCUT2D eigenvalue weighted by atomic mass is 32.1. The van der Waals surface area contributed by atoms with E-state index in [1.54, 1.807) is 22.2 Å². The van der Waals surface area contributed by atoms with E-state index in [4.69, 9.17) is 10.7 Å². The Morgan fingerprint density at radius 2 is 1.54 bits per heavy atom. The summed E-state index contributed by atoms with van der Waals surface area (Å²) in [5, 5.41) is 11.4. The van der Waals surface area contributed by atoms with Crippen molar-refractivity contribution in [2.75, 3.05) is 5.73 Å². The fourth-order valence-corrected chi connectivity index (χ4v) is 4.57. The Morgan fingerprint density at radius 1 is 0.786 bits per heavy atom. The topological polar surface area (TPSA) is 56.7 Å². The van der Waals surface area contributed by atoms with Crippen LogP contribution in [0.15, 0.2) is 83.0 Å². The molecule has 3 aromatic heterocycles. The molecule has 0 aliphatic rings. The number of rotatable bonds is 4. The number of nitrogen functional groups attached to an aromatic ring is 1. The van der Waals surface area contributed by atoms with Crippen LogP contribution in [0.5, 0.6) is 0 Å². The van der Waals surface area contributed by atoms with Crippen LogP contribution in [-0.2, 0) is 0 Å². The minimum Gasteiger partial charge on any atom is -0.383 e. The van der Waals surface area contributed by atoms with Crippen molar-refractivity contribution < 1.29 is 0 Å². The van der Waals surface area contributed by atoms with Gasteiger partial charge in [-0.25, -0.2) is 4.98 Å². The molecular formula is C22H16N4S2. The van der Waals surface area contributed by atoms with E-state index < -0.39 is 0 Å². The number of nitrogens with two attached hydrogens (primary N) is 1. The smallest absolute Gasteiger partial charge is 0.212 e. The van der Waals surface area contributed by atoms with Gasteiger partial charge in [0.1, 0.15) is 5.82 Å². The van der Waals surface area contributed by atoms with Crippen LogP contribution in [0.4, 0.5) is 5.82 Å². The SMILES string of the molecule is Nc1c(-c2ccsc2)cnn1-c1nc(-c2ccc(-c3ccccc3)cc2)cs1. The molecule has 0 bridgehead atoms. The average Bonchev–Trinajstić information content (AvgIpc) is 3.49. The Hall–Kier alpha value is -3.22. The van der Waals surface area contributed by atoms with Crippen molar-refractivity contribution in [3.05, 3.63) is 83.0 Å². The zero-order valence-electron chi connectivity index (χ0n) is 14.8. The van der Waals surface area contributed by atoms with Crippen molar-refractivity contribution in [2.24, 2.45) is 0 Å². The van der Waals surface area contributed by atoms with Crippen LogP contribution in [0.1, 0.15) is 0 Å². The van der Waals surface area contributed by atoms with Crippen molar-refractivity contribution >= 4 is 28.5 Å². The van der Waals surface area contributed by atoms with Crippen LogP contribution < -0.4 is 5.73 Å². The Labute approximate surface area is 170 Å². The molecule has 2 N–H and O–H groups in total. The second-order valence-electron chi connectivity index (χ2n) is 6.33. The minimum atomic E-state index is 0.610. The number of thiazole rings is 1. The van der Waals surface area contributed by atoms with Gasteiger partial charge in [0.2, 0.25) is 5.13 Å². The molecular weight excluding hydrogens is 384 g/mol. The predicted molar refractivity (Wildman–Crippen MR) is 118 cm³/mol. The molecule has 2 aromatic carbocycles. The second-order valence-corrected chi connectivity index (χ2v) is 7.94. The number of benzene rings is 2. The molecule has 0 atom stereocenters. The van der Waals surface area contributed by atoms with Gasteiger partial charge in [-0.15, -0.1) is 11.3 Å². The molecule has 0 radical (unpaired) electrons. The zero-order chi connectivity index (χ0) is 18.9. The number of nitrogens with zero attached hydrogens (tertiary/aromatic N) is 3. The highest BCUT2D eigenvalue weighted by molar-refractivity contribution is 7.12. The van der Waals surface area contributed by atoms with Gasteiger partial charge in [0.05, 0.1) is 11.9 Å². The third-order valence-corrected chi connectivity index (χ3v) is 6.10. The maximum Gasteiger partial charge on any atom is 0.212 e. The van der Waals surface area contributed by atoms with Gasteiger partial charge < -0.3 is 5.73 Å². The van der Waals surface area contributed by atoms with Gasteiger partial charge in [-0.05, 0) is 33.5 Å². The summed E-state index contributed by atoms with van der Waals surface area (Å²) in [6.45, 7) is 0. The Kier molecular flexibility index (Phi) is 4.27. The largest absolute Gasteiger partial charge is 0.383 e. The molecule has 3 heterocycles. The van der Waals surface area contributed by atoms with Crippen molar-refractivity contribution in [3.8, 4) is 38.6 Å². The minimum absolute atomic E-state index is 0.610. The van der Waals surface area contributed by atoms with Gasteiger partial charge in [-0.1, -0.05) is 54.6 Å². The fraction of sp³-hybridized carbons (Fsp3) is 0. The Bertz CT molecular complexity index is 1200. The molecule has 5 rings (SSSR count). The lowest BCUT2D eigenvalue weighted by Crippen LogP contribution is -2.01. The average molecular weight is 401 g/mol. The van der Waals surface area contributed by atoms with Gasteiger partial charge in [-0.3, -0.25) is 0 Å². The van der Waals surface area contributed by atoms with E-state index in [1.807, 2.05) is 22.9 Å². The second kappa shape index (κ2) is 7.07. The summed E-state index contributed by atoms with van der Waals surface area (Å²) in [4.78, 5) is 4.75. The summed E-state index contributed by atoms with van der Waals surface area (Å²) in [7, 11) is 0. The molecule has 0 spiro atoms. The predicted octanol–water partition coefficient (Wildman–Crippen LogP) is 5.97. The number of anilines is 1. The standard InChI is InChI=1S/C22H16N4S2/c23-21-19(18-10-11-27-13-18)12-24-26(21)22-25-20(14-28-22)17-8-6-16(7-9-17)15-4-2-1-3-5-15/h1-14H,23H2. The van der Waals surface area contributed by atoms with E-state index in [9.17, 15) is 0 Å². The first-order valence-electron chi connectivity index (χ1n) is 8.77. The molecule has 4 nitrogen and oxygen atoms in total. The first kappa shape index (κ1) is 16.9.